The molecule has 172 valence electrons. The van der Waals surface area contributed by atoms with Crippen LogP contribution >= 0.6 is 0 Å². The van der Waals surface area contributed by atoms with E-state index in [4.69, 9.17) is 0 Å². The fourth-order valence-corrected chi connectivity index (χ4v) is 4.90. The first-order valence-corrected chi connectivity index (χ1v) is 12.0. The molecule has 2 aliphatic rings. The third-order valence-corrected chi connectivity index (χ3v) is 6.88. The minimum absolute atomic E-state index is 0.0577. The lowest BCUT2D eigenvalue weighted by molar-refractivity contribution is -0.128. The van der Waals surface area contributed by atoms with Crippen LogP contribution < -0.4 is 10.6 Å². The molecule has 1 saturated carbocycles. The summed E-state index contributed by atoms with van der Waals surface area (Å²) in [5.74, 6) is 0.774. The van der Waals surface area contributed by atoms with E-state index in [-0.39, 0.29) is 18.0 Å². The molecule has 2 N–H and O–H groups in total. The molecule has 0 spiro atoms. The maximum absolute atomic E-state index is 12.6. The molecule has 3 rings (SSSR count). The molecule has 0 unspecified atom stereocenters. The largest absolute Gasteiger partial charge is 0.355 e. The lowest BCUT2D eigenvalue weighted by atomic mass is 9.79. The molecule has 1 saturated heterocycles. The van der Waals surface area contributed by atoms with Gasteiger partial charge in [-0.25, -0.2) is 0 Å². The van der Waals surface area contributed by atoms with Gasteiger partial charge in [0.15, 0.2) is 5.96 Å². The highest BCUT2D eigenvalue weighted by atomic mass is 16.2. The summed E-state index contributed by atoms with van der Waals surface area (Å²) in [6.07, 6.45) is 13.0. The molecule has 7 nitrogen and oxygen atoms in total. The third-order valence-electron chi connectivity index (χ3n) is 6.88. The highest BCUT2D eigenvalue weighted by molar-refractivity contribution is 5.86. The zero-order valence-electron chi connectivity index (χ0n) is 19.4. The van der Waals surface area contributed by atoms with Crippen molar-refractivity contribution in [2.45, 2.75) is 63.3 Å². The van der Waals surface area contributed by atoms with Gasteiger partial charge in [0.05, 0.1) is 6.54 Å². The molecular formula is C24H40N6O. The van der Waals surface area contributed by atoms with E-state index in [2.05, 4.69) is 25.5 Å². The molecule has 2 fully saturated rings. The highest BCUT2D eigenvalue weighted by Crippen LogP contribution is 2.35. The smallest absolute Gasteiger partial charge is 0.241 e. The Labute approximate surface area is 187 Å². The van der Waals surface area contributed by atoms with Crippen LogP contribution in [0.1, 0.15) is 57.1 Å². The van der Waals surface area contributed by atoms with Crippen LogP contribution in [0.3, 0.4) is 0 Å². The molecule has 2 heterocycles. The Hall–Kier alpha value is -2.15. The van der Waals surface area contributed by atoms with E-state index in [0.29, 0.717) is 12.5 Å². The third kappa shape index (κ3) is 6.92. The first kappa shape index (κ1) is 23.5. The Morgan fingerprint density at radius 2 is 1.87 bits per heavy atom. The number of guanidine groups is 1. The molecule has 1 aromatic heterocycles. The number of likely N-dealkylation sites (N-methyl/N-ethyl adjacent to an activating group) is 1. The number of likely N-dealkylation sites (tertiary alicyclic amines) is 1. The lowest BCUT2D eigenvalue weighted by Crippen LogP contribution is -2.59. The Bertz CT molecular complexity index is 695. The van der Waals surface area contributed by atoms with Crippen LogP contribution in [0, 0.1) is 0 Å². The number of rotatable bonds is 8. The second kappa shape index (κ2) is 12.0. The van der Waals surface area contributed by atoms with E-state index in [0.717, 1.165) is 18.7 Å². The van der Waals surface area contributed by atoms with Crippen LogP contribution in [0.25, 0.3) is 0 Å². The van der Waals surface area contributed by atoms with E-state index in [1.165, 1.54) is 64.5 Å². The Morgan fingerprint density at radius 3 is 2.55 bits per heavy atom. The van der Waals surface area contributed by atoms with Crippen molar-refractivity contribution in [3.8, 4) is 0 Å². The molecular weight excluding hydrogens is 388 g/mol. The molecule has 0 atom stereocenters. The number of nitrogens with zero attached hydrogens (tertiary/aromatic N) is 4. The van der Waals surface area contributed by atoms with Crippen molar-refractivity contribution in [2.75, 3.05) is 46.8 Å². The van der Waals surface area contributed by atoms with Gasteiger partial charge >= 0.3 is 0 Å². The van der Waals surface area contributed by atoms with E-state index >= 15 is 0 Å². The van der Waals surface area contributed by atoms with Gasteiger partial charge in [-0.05, 0) is 50.9 Å². The van der Waals surface area contributed by atoms with Gasteiger partial charge in [0, 0.05) is 51.0 Å². The van der Waals surface area contributed by atoms with Gasteiger partial charge < -0.3 is 15.5 Å². The van der Waals surface area contributed by atoms with Crippen LogP contribution in [0.4, 0.5) is 0 Å². The van der Waals surface area contributed by atoms with Gasteiger partial charge in [-0.15, -0.1) is 0 Å². The predicted molar refractivity (Wildman–Crippen MR) is 126 cm³/mol. The van der Waals surface area contributed by atoms with Crippen molar-refractivity contribution in [2.24, 2.45) is 4.99 Å². The minimum Gasteiger partial charge on any atom is -0.355 e. The zero-order chi connectivity index (χ0) is 21.9. The number of pyridine rings is 1. The molecule has 1 aromatic rings. The van der Waals surface area contributed by atoms with Crippen LogP contribution in [-0.2, 0) is 11.2 Å². The van der Waals surface area contributed by atoms with Gasteiger partial charge in [0.25, 0.3) is 0 Å². The molecule has 1 aliphatic heterocycles. The summed E-state index contributed by atoms with van der Waals surface area (Å²) in [7, 11) is 3.62. The molecule has 0 radical (unpaired) electrons. The molecule has 1 amide bonds. The van der Waals surface area contributed by atoms with Crippen molar-refractivity contribution in [1.29, 1.82) is 0 Å². The van der Waals surface area contributed by atoms with E-state index in [1.54, 1.807) is 18.1 Å². The molecule has 1 aliphatic carbocycles. The highest BCUT2D eigenvalue weighted by Gasteiger charge is 2.38. The Balaban J connectivity index is 1.46. The number of hydrogen-bond acceptors (Lipinski definition) is 4. The van der Waals surface area contributed by atoms with Crippen molar-refractivity contribution in [1.82, 2.24) is 25.4 Å². The topological polar surface area (TPSA) is 72.9 Å². The number of nitrogens with one attached hydrogen (secondary N) is 2. The van der Waals surface area contributed by atoms with Crippen molar-refractivity contribution < 1.29 is 4.79 Å². The van der Waals surface area contributed by atoms with Crippen LogP contribution in [0.5, 0.6) is 0 Å². The molecule has 31 heavy (non-hydrogen) atoms. The maximum Gasteiger partial charge on any atom is 0.241 e. The van der Waals surface area contributed by atoms with Gasteiger partial charge in [-0.3, -0.25) is 19.7 Å². The normalized spacial score (nSPS) is 19.6. The fraction of sp³-hybridized carbons (Fsp3) is 0.708. The summed E-state index contributed by atoms with van der Waals surface area (Å²) in [5, 5.41) is 6.77. The van der Waals surface area contributed by atoms with E-state index in [9.17, 15) is 4.79 Å². The summed E-state index contributed by atoms with van der Waals surface area (Å²) < 4.78 is 0. The fourth-order valence-electron chi connectivity index (χ4n) is 4.90. The van der Waals surface area contributed by atoms with Gasteiger partial charge in [-0.2, -0.15) is 0 Å². The van der Waals surface area contributed by atoms with Crippen molar-refractivity contribution >= 4 is 11.9 Å². The van der Waals surface area contributed by atoms with Gasteiger partial charge in [-0.1, -0.05) is 31.7 Å². The summed E-state index contributed by atoms with van der Waals surface area (Å²) in [5.41, 5.74) is 1.24. The molecule has 0 aromatic carbocycles. The quantitative estimate of drug-likeness (QED) is 0.491. The van der Waals surface area contributed by atoms with Crippen molar-refractivity contribution in [3.05, 3.63) is 30.1 Å². The average Bonchev–Trinajstić information content (AvgIpc) is 2.84. The molecule has 0 bridgehead atoms. The number of aliphatic imine (C=N–C) groups is 1. The summed E-state index contributed by atoms with van der Waals surface area (Å²) in [6.45, 7) is 4.23. The summed E-state index contributed by atoms with van der Waals surface area (Å²) in [6, 6.07) is 5.87. The van der Waals surface area contributed by atoms with Crippen LogP contribution in [0.15, 0.2) is 29.4 Å². The van der Waals surface area contributed by atoms with Gasteiger partial charge in [0.1, 0.15) is 0 Å². The second-order valence-corrected chi connectivity index (χ2v) is 9.00. The Morgan fingerprint density at radius 1 is 1.13 bits per heavy atom. The maximum atomic E-state index is 12.6. The number of piperidine rings is 1. The number of carbonyl (C=O) groups excluding carboxylic acids is 1. The zero-order valence-corrected chi connectivity index (χ0v) is 19.4. The summed E-state index contributed by atoms with van der Waals surface area (Å²) in [4.78, 5) is 25.7. The minimum atomic E-state index is 0.0577. The van der Waals surface area contributed by atoms with Crippen LogP contribution in [0.2, 0.25) is 0 Å². The number of amides is 1. The monoisotopic (exact) mass is 428 g/mol. The first-order chi connectivity index (χ1) is 15.1. The predicted octanol–water partition coefficient (Wildman–Crippen LogP) is 2.44. The second-order valence-electron chi connectivity index (χ2n) is 9.00. The number of hydrogen-bond donors (Lipinski definition) is 2. The Kier molecular flexibility index (Phi) is 9.13. The van der Waals surface area contributed by atoms with Crippen molar-refractivity contribution in [3.63, 3.8) is 0 Å². The standard InChI is InChI=1S/C24H40N6O/c1-25-23(27-19-22(31)29(2)18-12-21-11-5-8-15-26-21)28-20-24(13-6-3-7-14-24)30-16-9-4-10-17-30/h5,8,11,15H,3-4,6-7,9-10,12-14,16-20H2,1-2H3,(H2,25,27,28). The van der Waals surface area contributed by atoms with E-state index in [1.807, 2.05) is 25.2 Å². The van der Waals surface area contributed by atoms with Crippen LogP contribution in [-0.4, -0.2) is 79.0 Å². The number of carbonyl (C=O) groups is 1. The number of aromatic nitrogens is 1. The molecule has 7 heteroatoms. The first-order valence-electron chi connectivity index (χ1n) is 12.0. The summed E-state index contributed by atoms with van der Waals surface area (Å²) >= 11 is 0. The van der Waals surface area contributed by atoms with E-state index < -0.39 is 0 Å². The lowest BCUT2D eigenvalue weighted by Gasteiger charge is -2.48. The SMILES string of the molecule is CN=C(NCC(=O)N(C)CCc1ccccn1)NCC1(N2CCCCC2)CCCCC1. The van der Waals surface area contributed by atoms with Gasteiger partial charge in [0.2, 0.25) is 5.91 Å². The average molecular weight is 429 g/mol.